The second kappa shape index (κ2) is 13.2. The molecule has 1 aliphatic heterocycles. The van der Waals surface area contributed by atoms with Crippen LogP contribution in [0.3, 0.4) is 0 Å². The van der Waals surface area contributed by atoms with E-state index in [1.165, 1.54) is 11.1 Å². The van der Waals surface area contributed by atoms with Gasteiger partial charge in [0.1, 0.15) is 6.04 Å². The Hall–Kier alpha value is -4.51. The van der Waals surface area contributed by atoms with Gasteiger partial charge in [-0.1, -0.05) is 91.3 Å². The number of pyridine rings is 1. The second-order valence-corrected chi connectivity index (χ2v) is 10.7. The molecule has 0 bridgehead atoms. The van der Waals surface area contributed by atoms with Crippen molar-refractivity contribution in [2.75, 3.05) is 6.54 Å². The van der Waals surface area contributed by atoms with Crippen LogP contribution < -0.4 is 0 Å². The summed E-state index contributed by atoms with van der Waals surface area (Å²) in [5.74, 6) is -0.246. The molecule has 0 saturated heterocycles. The molecule has 208 valence electrons. The summed E-state index contributed by atoms with van der Waals surface area (Å²) in [5, 5.41) is 0. The fraction of sp³-hybridized carbons (Fsp3) is 0.250. The van der Waals surface area contributed by atoms with Gasteiger partial charge in [0.25, 0.3) is 0 Å². The highest BCUT2D eigenvalue weighted by atomic mass is 16.2. The minimum atomic E-state index is -0.698. The molecule has 0 aliphatic carbocycles. The maximum Gasteiger partial charge on any atom is 0.247 e. The molecule has 0 unspecified atom stereocenters. The predicted octanol–water partition coefficient (Wildman–Crippen LogP) is 6.19. The Morgan fingerprint density at radius 2 is 1.61 bits per heavy atom. The molecule has 0 saturated carbocycles. The number of carbonyl (C=O) groups is 2. The van der Waals surface area contributed by atoms with Gasteiger partial charge in [0.15, 0.2) is 0 Å². The van der Waals surface area contributed by atoms with Crippen LogP contribution in [0.2, 0.25) is 0 Å². The number of aryl methyl sites for hydroxylation is 2. The molecule has 0 radical (unpaired) electrons. The number of fused-ring (bicyclic) bond motifs is 1. The molecule has 2 heterocycles. The van der Waals surface area contributed by atoms with Gasteiger partial charge in [-0.25, -0.2) is 0 Å². The molecule has 2 amide bonds. The Kier molecular flexibility index (Phi) is 9.05. The highest BCUT2D eigenvalue weighted by molar-refractivity contribution is 5.95. The first-order chi connectivity index (χ1) is 20.0. The van der Waals surface area contributed by atoms with Gasteiger partial charge < -0.3 is 9.80 Å². The van der Waals surface area contributed by atoms with Crippen molar-refractivity contribution >= 4 is 17.9 Å². The van der Waals surface area contributed by atoms with Crippen LogP contribution in [0.4, 0.5) is 0 Å². The summed E-state index contributed by atoms with van der Waals surface area (Å²) >= 11 is 0. The third kappa shape index (κ3) is 7.17. The van der Waals surface area contributed by atoms with Gasteiger partial charge in [0.2, 0.25) is 11.8 Å². The zero-order valence-corrected chi connectivity index (χ0v) is 23.9. The van der Waals surface area contributed by atoms with Gasteiger partial charge >= 0.3 is 0 Å². The summed E-state index contributed by atoms with van der Waals surface area (Å²) in [4.78, 5) is 36.5. The largest absolute Gasteiger partial charge is 0.336 e. The first kappa shape index (κ1) is 28.0. The van der Waals surface area contributed by atoms with E-state index in [1.807, 2.05) is 72.5 Å². The SMILES string of the molecule is CCc1ccc(CN(C(=O)/C=C/c2ccc(C)cc2)[C@@H](Cc2ccccn2)C(=O)N2CCc3ccccc3C2)cc1. The number of aromatic nitrogens is 1. The van der Waals surface area contributed by atoms with Gasteiger partial charge in [-0.05, 0) is 65.8 Å². The van der Waals surface area contributed by atoms with E-state index >= 15 is 0 Å². The van der Waals surface area contributed by atoms with E-state index in [4.69, 9.17) is 0 Å². The average molecular weight is 544 g/mol. The smallest absolute Gasteiger partial charge is 0.247 e. The van der Waals surface area contributed by atoms with Crippen LogP contribution in [-0.2, 0) is 41.9 Å². The van der Waals surface area contributed by atoms with Crippen molar-refractivity contribution in [1.82, 2.24) is 14.8 Å². The Bertz CT molecular complexity index is 1490. The molecular formula is C36H37N3O2. The molecule has 4 aromatic rings. The number of nitrogens with zero attached hydrogens (tertiary/aromatic N) is 3. The van der Waals surface area contributed by atoms with E-state index in [0.717, 1.165) is 40.8 Å². The van der Waals surface area contributed by atoms with E-state index < -0.39 is 6.04 Å². The van der Waals surface area contributed by atoms with Crippen LogP contribution in [-0.4, -0.2) is 39.2 Å². The average Bonchev–Trinajstić information content (AvgIpc) is 3.02. The quantitative estimate of drug-likeness (QED) is 0.237. The molecule has 0 N–H and O–H groups in total. The zero-order valence-electron chi connectivity index (χ0n) is 23.9. The van der Waals surface area contributed by atoms with Gasteiger partial charge in [0.05, 0.1) is 0 Å². The van der Waals surface area contributed by atoms with Crippen molar-refractivity contribution in [1.29, 1.82) is 0 Å². The molecule has 5 nitrogen and oxygen atoms in total. The Labute approximate surface area is 243 Å². The third-order valence-corrected chi connectivity index (χ3v) is 7.80. The molecule has 3 aromatic carbocycles. The molecule has 0 fully saturated rings. The highest BCUT2D eigenvalue weighted by Gasteiger charge is 2.34. The van der Waals surface area contributed by atoms with E-state index in [2.05, 4.69) is 48.3 Å². The predicted molar refractivity (Wildman–Crippen MR) is 164 cm³/mol. The summed E-state index contributed by atoms with van der Waals surface area (Å²) in [5.41, 5.74) is 7.55. The minimum Gasteiger partial charge on any atom is -0.336 e. The normalized spacial score (nSPS) is 13.6. The van der Waals surface area contributed by atoms with Gasteiger partial charge in [-0.15, -0.1) is 0 Å². The van der Waals surface area contributed by atoms with Gasteiger partial charge in [-0.2, -0.15) is 0 Å². The Morgan fingerprint density at radius 3 is 2.32 bits per heavy atom. The van der Waals surface area contributed by atoms with Crippen molar-refractivity contribution in [3.8, 4) is 0 Å². The minimum absolute atomic E-state index is 0.0487. The number of rotatable bonds is 9. The molecular weight excluding hydrogens is 506 g/mol. The number of hydrogen-bond donors (Lipinski definition) is 0. The van der Waals surface area contributed by atoms with Crippen LogP contribution in [0.5, 0.6) is 0 Å². The molecule has 41 heavy (non-hydrogen) atoms. The second-order valence-electron chi connectivity index (χ2n) is 10.7. The lowest BCUT2D eigenvalue weighted by Gasteiger charge is -2.36. The fourth-order valence-electron chi connectivity index (χ4n) is 5.30. The van der Waals surface area contributed by atoms with E-state index in [9.17, 15) is 9.59 Å². The summed E-state index contributed by atoms with van der Waals surface area (Å²) in [7, 11) is 0. The molecule has 5 heteroatoms. The van der Waals surface area contributed by atoms with Gasteiger partial charge in [0, 0.05) is 44.0 Å². The highest BCUT2D eigenvalue weighted by Crippen LogP contribution is 2.23. The lowest BCUT2D eigenvalue weighted by atomic mass is 9.98. The van der Waals surface area contributed by atoms with Crippen LogP contribution >= 0.6 is 0 Å². The van der Waals surface area contributed by atoms with E-state index in [0.29, 0.717) is 26.1 Å². The van der Waals surface area contributed by atoms with Gasteiger partial charge in [-0.3, -0.25) is 14.6 Å². The zero-order chi connectivity index (χ0) is 28.6. The standard InChI is InChI=1S/C36H37N3O2/c1-3-28-15-17-30(18-16-28)25-39(35(40)20-19-29-13-11-27(2)12-14-29)34(24-33-10-6-7-22-37-33)36(41)38-23-21-31-8-4-5-9-32(31)26-38/h4-20,22,34H,3,21,23-26H2,1-2H3/b20-19+/t34-/m0/s1. The summed E-state index contributed by atoms with van der Waals surface area (Å²) in [6.07, 6.45) is 7.25. The maximum atomic E-state index is 14.3. The topological polar surface area (TPSA) is 53.5 Å². The monoisotopic (exact) mass is 543 g/mol. The van der Waals surface area contributed by atoms with Crippen LogP contribution in [0.25, 0.3) is 6.08 Å². The van der Waals surface area contributed by atoms with Crippen LogP contribution in [0.1, 0.15) is 46.0 Å². The molecule has 1 aliphatic rings. The third-order valence-electron chi connectivity index (χ3n) is 7.80. The summed E-state index contributed by atoms with van der Waals surface area (Å²) in [6.45, 7) is 5.66. The number of amides is 2. The summed E-state index contributed by atoms with van der Waals surface area (Å²) < 4.78 is 0. The molecule has 1 aromatic heterocycles. The molecule has 5 rings (SSSR count). The molecule has 0 spiro atoms. The van der Waals surface area contributed by atoms with Crippen molar-refractivity contribution in [3.05, 3.63) is 142 Å². The fourth-order valence-corrected chi connectivity index (χ4v) is 5.30. The van der Waals surface area contributed by atoms with E-state index in [-0.39, 0.29) is 11.8 Å². The van der Waals surface area contributed by atoms with Crippen molar-refractivity contribution in [2.45, 2.75) is 52.2 Å². The lowest BCUT2D eigenvalue weighted by molar-refractivity contribution is -0.144. The first-order valence-corrected chi connectivity index (χ1v) is 14.4. The van der Waals surface area contributed by atoms with Crippen molar-refractivity contribution < 1.29 is 9.59 Å². The number of hydrogen-bond acceptors (Lipinski definition) is 3. The maximum absolute atomic E-state index is 14.3. The number of benzene rings is 3. The molecule has 1 atom stereocenters. The first-order valence-electron chi connectivity index (χ1n) is 14.4. The van der Waals surface area contributed by atoms with Crippen LogP contribution in [0, 0.1) is 6.92 Å². The Balaban J connectivity index is 1.49. The Morgan fingerprint density at radius 1 is 0.902 bits per heavy atom. The summed E-state index contributed by atoms with van der Waals surface area (Å²) in [6, 6.07) is 29.6. The van der Waals surface area contributed by atoms with Crippen molar-refractivity contribution in [2.24, 2.45) is 0 Å². The number of carbonyl (C=O) groups excluding carboxylic acids is 2. The lowest BCUT2D eigenvalue weighted by Crippen LogP contribution is -2.52. The van der Waals surface area contributed by atoms with Crippen LogP contribution in [0.15, 0.2) is 103 Å². The van der Waals surface area contributed by atoms with E-state index in [1.54, 1.807) is 17.2 Å². The van der Waals surface area contributed by atoms with Crippen molar-refractivity contribution in [3.63, 3.8) is 0 Å².